The van der Waals surface area contributed by atoms with Crippen LogP contribution in [0.5, 0.6) is 5.75 Å². The van der Waals surface area contributed by atoms with Crippen molar-refractivity contribution in [2.24, 2.45) is 0 Å². The Morgan fingerprint density at radius 3 is 2.69 bits per heavy atom. The van der Waals surface area contributed by atoms with E-state index in [1.54, 1.807) is 7.11 Å². The number of methoxy groups -OCH3 is 1. The monoisotopic (exact) mass is 407 g/mol. The van der Waals surface area contributed by atoms with Crippen LogP contribution in [0.2, 0.25) is 0 Å². The second-order valence-corrected chi connectivity index (χ2v) is 7.49. The van der Waals surface area contributed by atoms with E-state index in [1.165, 1.54) is 0 Å². The van der Waals surface area contributed by atoms with E-state index < -0.39 is 0 Å². The maximum absolute atomic E-state index is 12.4. The van der Waals surface area contributed by atoms with Crippen LogP contribution >= 0.6 is 0 Å². The zero-order valence-corrected chi connectivity index (χ0v) is 17.4. The van der Waals surface area contributed by atoms with E-state index in [0.717, 1.165) is 63.4 Å². The number of likely N-dealkylation sites (N-methyl/N-ethyl adjacent to an activating group) is 1. The minimum atomic E-state index is -0.250. The molecule has 0 unspecified atom stereocenters. The number of piperazine rings is 1. The summed E-state index contributed by atoms with van der Waals surface area (Å²) in [4.78, 5) is 25.5. The van der Waals surface area contributed by atoms with Crippen molar-refractivity contribution in [1.29, 1.82) is 0 Å². The summed E-state index contributed by atoms with van der Waals surface area (Å²) in [5, 5.41) is 9.95. The van der Waals surface area contributed by atoms with Crippen LogP contribution in [-0.4, -0.2) is 92.9 Å². The zero-order valence-electron chi connectivity index (χ0n) is 17.4. The predicted octanol–water partition coefficient (Wildman–Crippen LogP) is 0.851. The summed E-state index contributed by atoms with van der Waals surface area (Å²) in [5.74, 6) is 0.980. The number of carbonyl (C=O) groups excluding carboxylic acids is 1. The second-order valence-electron chi connectivity index (χ2n) is 7.49. The third kappa shape index (κ3) is 6.69. The molecule has 0 bridgehead atoms. The van der Waals surface area contributed by atoms with Gasteiger partial charge in [0.1, 0.15) is 5.75 Å². The quantitative estimate of drug-likeness (QED) is 0.676. The van der Waals surface area contributed by atoms with E-state index >= 15 is 0 Å². The maximum Gasteiger partial charge on any atom is 0.290 e. The Labute approximate surface area is 172 Å². The zero-order chi connectivity index (χ0) is 21.1. The Kier molecular flexibility index (Phi) is 9.37. The molecule has 8 heteroatoms. The lowest BCUT2D eigenvalue weighted by Gasteiger charge is -2.51. The third-order valence-electron chi connectivity index (χ3n) is 5.78. The molecule has 0 atom stereocenters. The summed E-state index contributed by atoms with van der Waals surface area (Å²) in [6, 6.07) is 7.95. The number of hydrogen-bond donors (Lipinski definition) is 2. The van der Waals surface area contributed by atoms with Gasteiger partial charge < -0.3 is 19.9 Å². The summed E-state index contributed by atoms with van der Waals surface area (Å²) in [7, 11) is 3.88. The van der Waals surface area contributed by atoms with Gasteiger partial charge in [0.25, 0.3) is 6.47 Å². The van der Waals surface area contributed by atoms with Crippen LogP contribution in [0.3, 0.4) is 0 Å². The first-order valence-corrected chi connectivity index (χ1v) is 10.0. The van der Waals surface area contributed by atoms with Gasteiger partial charge in [-0.25, -0.2) is 0 Å². The van der Waals surface area contributed by atoms with Crippen LogP contribution in [0, 0.1) is 0 Å². The molecule has 1 aromatic carbocycles. The number of para-hydroxylation sites is 1. The highest BCUT2D eigenvalue weighted by Crippen LogP contribution is 2.30. The number of hydrogen-bond acceptors (Lipinski definition) is 6. The standard InChI is InChI=1S/C20H31N3O3.CH2O2/c1-22-11-12-23(16-20(22)8-13-26-14-9-20)15-19(24)21-10-7-17-5-3-4-6-18(17)25-2;2-1-3/h3-6H,7-16H2,1-2H3,(H,21,24);1H,(H,2,3). The van der Waals surface area contributed by atoms with Crippen molar-refractivity contribution >= 4 is 12.4 Å². The smallest absolute Gasteiger partial charge is 0.290 e. The normalized spacial score (nSPS) is 19.1. The van der Waals surface area contributed by atoms with Crippen LogP contribution < -0.4 is 10.1 Å². The van der Waals surface area contributed by atoms with Crippen molar-refractivity contribution in [1.82, 2.24) is 15.1 Å². The Balaban J connectivity index is 0.000000941. The van der Waals surface area contributed by atoms with Crippen LogP contribution in [0.1, 0.15) is 18.4 Å². The molecule has 0 aliphatic carbocycles. The molecule has 0 aromatic heterocycles. The molecule has 1 spiro atoms. The van der Waals surface area contributed by atoms with Crippen molar-refractivity contribution in [2.75, 3.05) is 60.1 Å². The Bertz CT molecular complexity index is 649. The SMILES string of the molecule is COc1ccccc1CCNC(=O)CN1CCN(C)C2(CCOCC2)C1.O=CO. The molecule has 0 radical (unpaired) electrons. The molecule has 1 amide bonds. The predicted molar refractivity (Wildman–Crippen MR) is 110 cm³/mol. The van der Waals surface area contributed by atoms with Gasteiger partial charge in [0.15, 0.2) is 0 Å². The van der Waals surface area contributed by atoms with Crippen LogP contribution in [0.15, 0.2) is 24.3 Å². The molecular formula is C21H33N3O5. The fraction of sp³-hybridized carbons (Fsp3) is 0.619. The number of benzene rings is 1. The molecule has 2 heterocycles. The Hall–Kier alpha value is -2.16. The summed E-state index contributed by atoms with van der Waals surface area (Å²) in [6.45, 7) is 5.40. The highest BCUT2D eigenvalue weighted by atomic mass is 16.5. The van der Waals surface area contributed by atoms with Crippen LogP contribution in [-0.2, 0) is 20.7 Å². The van der Waals surface area contributed by atoms with Gasteiger partial charge in [-0.3, -0.25) is 19.4 Å². The number of amides is 1. The lowest BCUT2D eigenvalue weighted by atomic mass is 9.86. The molecule has 2 N–H and O–H groups in total. The first kappa shape index (κ1) is 23.1. The molecule has 162 valence electrons. The summed E-state index contributed by atoms with van der Waals surface area (Å²) in [5.41, 5.74) is 1.30. The molecule has 2 fully saturated rings. The number of carboxylic acid groups (broad SMARTS) is 1. The van der Waals surface area contributed by atoms with E-state index in [-0.39, 0.29) is 17.9 Å². The largest absolute Gasteiger partial charge is 0.496 e. The van der Waals surface area contributed by atoms with Gasteiger partial charge >= 0.3 is 0 Å². The molecular weight excluding hydrogens is 374 g/mol. The number of nitrogens with one attached hydrogen (secondary N) is 1. The average molecular weight is 408 g/mol. The number of ether oxygens (including phenoxy) is 2. The lowest BCUT2D eigenvalue weighted by Crippen LogP contribution is -2.63. The fourth-order valence-corrected chi connectivity index (χ4v) is 4.08. The van der Waals surface area contributed by atoms with Crippen molar-refractivity contribution < 1.29 is 24.2 Å². The van der Waals surface area contributed by atoms with E-state index in [0.29, 0.717) is 13.1 Å². The Morgan fingerprint density at radius 1 is 1.31 bits per heavy atom. The van der Waals surface area contributed by atoms with E-state index in [1.807, 2.05) is 24.3 Å². The topological polar surface area (TPSA) is 91.3 Å². The maximum atomic E-state index is 12.4. The van der Waals surface area contributed by atoms with Gasteiger partial charge in [-0.2, -0.15) is 0 Å². The van der Waals surface area contributed by atoms with Gasteiger partial charge in [-0.1, -0.05) is 18.2 Å². The molecule has 2 saturated heterocycles. The summed E-state index contributed by atoms with van der Waals surface area (Å²) >= 11 is 0. The first-order chi connectivity index (χ1) is 14.0. The number of carbonyl (C=O) groups is 2. The van der Waals surface area contributed by atoms with E-state index in [4.69, 9.17) is 19.4 Å². The van der Waals surface area contributed by atoms with Gasteiger partial charge in [0.05, 0.1) is 13.7 Å². The van der Waals surface area contributed by atoms with Crippen molar-refractivity contribution in [3.63, 3.8) is 0 Å². The highest BCUT2D eigenvalue weighted by Gasteiger charge is 2.41. The van der Waals surface area contributed by atoms with Crippen molar-refractivity contribution in [3.8, 4) is 5.75 Å². The minimum absolute atomic E-state index is 0.103. The van der Waals surface area contributed by atoms with Gasteiger partial charge in [-0.05, 0) is 37.9 Å². The van der Waals surface area contributed by atoms with Gasteiger partial charge in [0, 0.05) is 44.9 Å². The lowest BCUT2D eigenvalue weighted by molar-refractivity contribution is -0.125. The Morgan fingerprint density at radius 2 is 2.00 bits per heavy atom. The highest BCUT2D eigenvalue weighted by molar-refractivity contribution is 5.78. The molecule has 2 aliphatic rings. The summed E-state index contributed by atoms with van der Waals surface area (Å²) in [6.07, 6.45) is 2.88. The minimum Gasteiger partial charge on any atom is -0.496 e. The summed E-state index contributed by atoms with van der Waals surface area (Å²) < 4.78 is 10.9. The van der Waals surface area contributed by atoms with Crippen molar-refractivity contribution in [3.05, 3.63) is 29.8 Å². The third-order valence-corrected chi connectivity index (χ3v) is 5.78. The van der Waals surface area contributed by atoms with E-state index in [9.17, 15) is 4.79 Å². The molecule has 29 heavy (non-hydrogen) atoms. The second kappa shape index (κ2) is 11.7. The molecule has 1 aromatic rings. The molecule has 8 nitrogen and oxygen atoms in total. The molecule has 3 rings (SSSR count). The van der Waals surface area contributed by atoms with Crippen molar-refractivity contribution in [2.45, 2.75) is 24.8 Å². The van der Waals surface area contributed by atoms with Crippen LogP contribution in [0.4, 0.5) is 0 Å². The average Bonchev–Trinajstić information content (AvgIpc) is 2.72. The number of rotatable bonds is 6. The van der Waals surface area contributed by atoms with Gasteiger partial charge in [-0.15, -0.1) is 0 Å². The van der Waals surface area contributed by atoms with E-state index in [2.05, 4.69) is 22.2 Å². The van der Waals surface area contributed by atoms with Gasteiger partial charge in [0.2, 0.25) is 5.91 Å². The molecule has 0 saturated carbocycles. The van der Waals surface area contributed by atoms with Crippen LogP contribution in [0.25, 0.3) is 0 Å². The first-order valence-electron chi connectivity index (χ1n) is 10.0. The fourth-order valence-electron chi connectivity index (χ4n) is 4.08. The molecule has 2 aliphatic heterocycles. The number of nitrogens with zero attached hydrogens (tertiary/aromatic N) is 2.